The number of guanidine groups is 1. The van der Waals surface area contributed by atoms with Crippen molar-refractivity contribution in [3.63, 3.8) is 0 Å². The average molecular weight is 365 g/mol. The third-order valence-electron chi connectivity index (χ3n) is 3.88. The lowest BCUT2D eigenvalue weighted by atomic mass is 10.1. The molecular formula is C17H25ClN6O. The van der Waals surface area contributed by atoms with E-state index in [1.807, 2.05) is 49.7 Å². The molecule has 1 unspecified atom stereocenters. The van der Waals surface area contributed by atoms with E-state index in [9.17, 15) is 0 Å². The number of aryl methyl sites for hydroxylation is 1. The van der Waals surface area contributed by atoms with Crippen molar-refractivity contribution in [3.05, 3.63) is 46.5 Å². The molecule has 0 aliphatic rings. The minimum atomic E-state index is 0.00345. The largest absolute Gasteiger partial charge is 0.383 e. The monoisotopic (exact) mass is 364 g/mol. The van der Waals surface area contributed by atoms with Gasteiger partial charge in [-0.25, -0.2) is 4.99 Å². The van der Waals surface area contributed by atoms with Gasteiger partial charge in [0.2, 0.25) is 0 Å². The van der Waals surface area contributed by atoms with Crippen LogP contribution < -0.4 is 10.6 Å². The van der Waals surface area contributed by atoms with Crippen molar-refractivity contribution < 1.29 is 4.74 Å². The number of benzene rings is 1. The van der Waals surface area contributed by atoms with E-state index in [0.29, 0.717) is 25.7 Å². The molecule has 1 aromatic carbocycles. The Morgan fingerprint density at radius 2 is 2.12 bits per heavy atom. The summed E-state index contributed by atoms with van der Waals surface area (Å²) in [5.41, 5.74) is 1.01. The molecule has 2 rings (SSSR count). The Balaban J connectivity index is 2.10. The first-order valence-corrected chi connectivity index (χ1v) is 8.53. The number of nitrogens with zero attached hydrogens (tertiary/aromatic N) is 4. The Labute approximate surface area is 153 Å². The first-order chi connectivity index (χ1) is 12.0. The van der Waals surface area contributed by atoms with Crippen LogP contribution in [0.5, 0.6) is 0 Å². The van der Waals surface area contributed by atoms with Crippen LogP contribution in [0.1, 0.15) is 30.2 Å². The fraction of sp³-hybridized carbons (Fsp3) is 0.471. The SMILES string of the molecule is COCCNC(=NCc1nnc(C)n1C)NC(C)c1ccccc1Cl. The van der Waals surface area contributed by atoms with E-state index in [2.05, 4.69) is 25.8 Å². The van der Waals surface area contributed by atoms with Crippen LogP contribution >= 0.6 is 11.6 Å². The van der Waals surface area contributed by atoms with Gasteiger partial charge in [0.15, 0.2) is 11.8 Å². The minimum Gasteiger partial charge on any atom is -0.383 e. The van der Waals surface area contributed by atoms with Gasteiger partial charge in [-0.1, -0.05) is 29.8 Å². The Hall–Kier alpha value is -2.12. The Morgan fingerprint density at radius 3 is 2.76 bits per heavy atom. The number of nitrogens with one attached hydrogen (secondary N) is 2. The second kappa shape index (κ2) is 9.39. The molecule has 136 valence electrons. The Kier molecular flexibility index (Phi) is 7.21. The van der Waals surface area contributed by atoms with Crippen molar-refractivity contribution >= 4 is 17.6 Å². The fourth-order valence-corrected chi connectivity index (χ4v) is 2.57. The van der Waals surface area contributed by atoms with Gasteiger partial charge < -0.3 is 19.9 Å². The van der Waals surface area contributed by atoms with Crippen LogP contribution in [0.3, 0.4) is 0 Å². The van der Waals surface area contributed by atoms with Gasteiger partial charge in [0.25, 0.3) is 0 Å². The molecule has 0 amide bonds. The maximum atomic E-state index is 6.28. The van der Waals surface area contributed by atoms with Gasteiger partial charge in [-0.3, -0.25) is 0 Å². The lowest BCUT2D eigenvalue weighted by Gasteiger charge is -2.19. The minimum absolute atomic E-state index is 0.00345. The summed E-state index contributed by atoms with van der Waals surface area (Å²) < 4.78 is 7.02. The number of hydrogen-bond donors (Lipinski definition) is 2. The molecule has 8 heteroatoms. The molecule has 2 N–H and O–H groups in total. The zero-order chi connectivity index (χ0) is 18.2. The highest BCUT2D eigenvalue weighted by Crippen LogP contribution is 2.21. The smallest absolute Gasteiger partial charge is 0.192 e. The molecule has 0 aliphatic carbocycles. The third-order valence-corrected chi connectivity index (χ3v) is 4.23. The van der Waals surface area contributed by atoms with E-state index < -0.39 is 0 Å². The highest BCUT2D eigenvalue weighted by Gasteiger charge is 2.12. The van der Waals surface area contributed by atoms with Gasteiger partial charge in [0, 0.05) is 25.7 Å². The third kappa shape index (κ3) is 5.44. The van der Waals surface area contributed by atoms with E-state index in [4.69, 9.17) is 16.3 Å². The number of halogens is 1. The summed E-state index contributed by atoms with van der Waals surface area (Å²) in [6.07, 6.45) is 0. The van der Waals surface area contributed by atoms with Gasteiger partial charge in [0.1, 0.15) is 12.4 Å². The standard InChI is InChI=1S/C17H25ClN6O/c1-12(14-7-5-6-8-15(14)18)21-17(19-9-10-25-4)20-11-16-23-22-13(2)24(16)3/h5-8,12H,9-11H2,1-4H3,(H2,19,20,21). The van der Waals surface area contributed by atoms with Gasteiger partial charge in [-0.2, -0.15) is 0 Å². The molecule has 1 heterocycles. The first kappa shape index (κ1) is 19.2. The second-order valence-corrected chi connectivity index (χ2v) is 6.10. The number of aromatic nitrogens is 3. The summed E-state index contributed by atoms with van der Waals surface area (Å²) in [6.45, 7) is 5.62. The molecule has 1 atom stereocenters. The summed E-state index contributed by atoms with van der Waals surface area (Å²) in [6, 6.07) is 7.77. The number of ether oxygens (including phenoxy) is 1. The number of aliphatic imine (C=N–C) groups is 1. The summed E-state index contributed by atoms with van der Waals surface area (Å²) >= 11 is 6.28. The molecule has 0 saturated heterocycles. The Morgan fingerprint density at radius 1 is 1.36 bits per heavy atom. The van der Waals surface area contributed by atoms with Crippen molar-refractivity contribution in [2.45, 2.75) is 26.4 Å². The molecule has 1 aromatic heterocycles. The molecule has 2 aromatic rings. The molecule has 7 nitrogen and oxygen atoms in total. The summed E-state index contributed by atoms with van der Waals surface area (Å²) in [7, 11) is 3.60. The van der Waals surface area contributed by atoms with E-state index in [1.165, 1.54) is 0 Å². The second-order valence-electron chi connectivity index (χ2n) is 5.69. The van der Waals surface area contributed by atoms with Crippen LogP contribution in [0.2, 0.25) is 5.02 Å². The van der Waals surface area contributed by atoms with Gasteiger partial charge >= 0.3 is 0 Å². The highest BCUT2D eigenvalue weighted by molar-refractivity contribution is 6.31. The lowest BCUT2D eigenvalue weighted by molar-refractivity contribution is 0.203. The fourth-order valence-electron chi connectivity index (χ4n) is 2.27. The lowest BCUT2D eigenvalue weighted by Crippen LogP contribution is -2.40. The average Bonchev–Trinajstić information content (AvgIpc) is 2.92. The van der Waals surface area contributed by atoms with Crippen molar-refractivity contribution in [3.8, 4) is 0 Å². The molecule has 0 aliphatic heterocycles. The molecule has 0 radical (unpaired) electrons. The summed E-state index contributed by atoms with van der Waals surface area (Å²) in [5, 5.41) is 15.5. The van der Waals surface area contributed by atoms with Crippen LogP contribution in [0.4, 0.5) is 0 Å². The van der Waals surface area contributed by atoms with Crippen LogP contribution in [-0.2, 0) is 18.3 Å². The van der Waals surface area contributed by atoms with Crippen molar-refractivity contribution in [2.75, 3.05) is 20.3 Å². The summed E-state index contributed by atoms with van der Waals surface area (Å²) in [4.78, 5) is 4.61. The van der Waals surface area contributed by atoms with E-state index in [0.717, 1.165) is 22.2 Å². The Bertz CT molecular complexity index is 715. The number of rotatable bonds is 7. The normalized spacial score (nSPS) is 12.9. The number of hydrogen-bond acceptors (Lipinski definition) is 4. The maximum absolute atomic E-state index is 6.28. The molecule has 0 bridgehead atoms. The van der Waals surface area contributed by atoms with Crippen LogP contribution in [0.25, 0.3) is 0 Å². The summed E-state index contributed by atoms with van der Waals surface area (Å²) in [5.74, 6) is 2.33. The quantitative estimate of drug-likeness (QED) is 0.447. The van der Waals surface area contributed by atoms with E-state index >= 15 is 0 Å². The van der Waals surface area contributed by atoms with Crippen LogP contribution in [-0.4, -0.2) is 41.0 Å². The van der Waals surface area contributed by atoms with E-state index in [-0.39, 0.29) is 6.04 Å². The van der Waals surface area contributed by atoms with Gasteiger partial charge in [-0.05, 0) is 25.5 Å². The highest BCUT2D eigenvalue weighted by atomic mass is 35.5. The van der Waals surface area contributed by atoms with Crippen LogP contribution in [0.15, 0.2) is 29.3 Å². The topological polar surface area (TPSA) is 76.4 Å². The first-order valence-electron chi connectivity index (χ1n) is 8.16. The zero-order valence-electron chi connectivity index (χ0n) is 15.1. The molecule has 0 spiro atoms. The van der Waals surface area contributed by atoms with Crippen molar-refractivity contribution in [2.24, 2.45) is 12.0 Å². The number of methoxy groups -OCH3 is 1. The molecule has 0 saturated carbocycles. The van der Waals surface area contributed by atoms with Crippen LogP contribution in [0, 0.1) is 6.92 Å². The van der Waals surface area contributed by atoms with Gasteiger partial charge in [0.05, 0.1) is 12.6 Å². The van der Waals surface area contributed by atoms with Crippen molar-refractivity contribution in [1.29, 1.82) is 0 Å². The molecular weight excluding hydrogens is 340 g/mol. The zero-order valence-corrected chi connectivity index (χ0v) is 15.8. The maximum Gasteiger partial charge on any atom is 0.192 e. The molecule has 25 heavy (non-hydrogen) atoms. The van der Waals surface area contributed by atoms with Gasteiger partial charge in [-0.15, -0.1) is 10.2 Å². The van der Waals surface area contributed by atoms with Crippen molar-refractivity contribution in [1.82, 2.24) is 25.4 Å². The predicted molar refractivity (Wildman–Crippen MR) is 99.8 cm³/mol. The predicted octanol–water partition coefficient (Wildman–Crippen LogP) is 2.22. The molecule has 0 fully saturated rings. The van der Waals surface area contributed by atoms with E-state index in [1.54, 1.807) is 7.11 Å².